The van der Waals surface area contributed by atoms with Crippen molar-refractivity contribution >= 4 is 5.91 Å². The Balaban J connectivity index is 1.47. The molecule has 1 aromatic rings. The standard InChI is InChI=1S/C20H28N2O3/c1-3-22-9-4-5-14(13-22)21-19(23)17-12-20(17)8-10-25-18-7-6-15(24-2)11-16(18)20/h6-7,11,14,17H,3-5,8-10,12-13H2,1-2H3,(H,21,23)/t14?,17-,20-/m1/s1. The number of piperidine rings is 1. The Bertz CT molecular complexity index is 662. The van der Waals surface area contributed by atoms with Crippen molar-refractivity contribution in [2.24, 2.45) is 5.92 Å². The number of nitrogens with one attached hydrogen (secondary N) is 1. The molecule has 2 fully saturated rings. The average Bonchev–Trinajstić information content (AvgIpc) is 3.37. The van der Waals surface area contributed by atoms with E-state index in [1.165, 1.54) is 6.42 Å². The van der Waals surface area contributed by atoms with Gasteiger partial charge < -0.3 is 19.7 Å². The number of carbonyl (C=O) groups excluding carboxylic acids is 1. The van der Waals surface area contributed by atoms with E-state index in [4.69, 9.17) is 9.47 Å². The molecule has 2 aliphatic heterocycles. The third-order valence-corrected chi connectivity index (χ3v) is 6.22. The predicted molar refractivity (Wildman–Crippen MR) is 96.2 cm³/mol. The molecule has 1 N–H and O–H groups in total. The van der Waals surface area contributed by atoms with Crippen LogP contribution in [0.4, 0.5) is 0 Å². The minimum absolute atomic E-state index is 0.0503. The molecule has 0 bridgehead atoms. The van der Waals surface area contributed by atoms with Crippen molar-refractivity contribution in [2.75, 3.05) is 33.4 Å². The SMILES string of the molecule is CCN1CCCC(NC(=O)[C@H]2C[C@@]23CCOc2ccc(OC)cc23)C1. The van der Waals surface area contributed by atoms with Gasteiger partial charge in [-0.1, -0.05) is 6.92 Å². The van der Waals surface area contributed by atoms with Crippen molar-refractivity contribution in [3.8, 4) is 11.5 Å². The third-order valence-electron chi connectivity index (χ3n) is 6.22. The summed E-state index contributed by atoms with van der Waals surface area (Å²) in [6.45, 7) is 6.07. The molecule has 2 heterocycles. The van der Waals surface area contributed by atoms with Crippen molar-refractivity contribution in [3.63, 3.8) is 0 Å². The molecule has 1 spiro atoms. The second-order valence-corrected chi connectivity index (χ2v) is 7.61. The second kappa shape index (κ2) is 6.52. The maximum absolute atomic E-state index is 12.9. The first kappa shape index (κ1) is 16.7. The van der Waals surface area contributed by atoms with Crippen molar-refractivity contribution < 1.29 is 14.3 Å². The van der Waals surface area contributed by atoms with E-state index in [1.54, 1.807) is 7.11 Å². The highest BCUT2D eigenvalue weighted by molar-refractivity contribution is 5.85. The fourth-order valence-electron chi connectivity index (χ4n) is 4.61. The van der Waals surface area contributed by atoms with Crippen molar-refractivity contribution in [3.05, 3.63) is 23.8 Å². The van der Waals surface area contributed by atoms with Gasteiger partial charge in [-0.05, 0) is 57.0 Å². The van der Waals surface area contributed by atoms with Crippen LogP contribution in [0.25, 0.3) is 0 Å². The van der Waals surface area contributed by atoms with E-state index in [-0.39, 0.29) is 17.2 Å². The van der Waals surface area contributed by atoms with Gasteiger partial charge in [0.1, 0.15) is 11.5 Å². The number of carbonyl (C=O) groups is 1. The summed E-state index contributed by atoms with van der Waals surface area (Å²) < 4.78 is 11.2. The monoisotopic (exact) mass is 344 g/mol. The van der Waals surface area contributed by atoms with Crippen LogP contribution in [0.2, 0.25) is 0 Å². The molecule has 1 unspecified atom stereocenters. The van der Waals surface area contributed by atoms with E-state index in [1.807, 2.05) is 12.1 Å². The van der Waals surface area contributed by atoms with Crippen molar-refractivity contribution in [1.29, 1.82) is 0 Å². The number of hydrogen-bond donors (Lipinski definition) is 1. The highest BCUT2D eigenvalue weighted by Crippen LogP contribution is 2.61. The molecular formula is C20H28N2O3. The Kier molecular flexibility index (Phi) is 4.36. The van der Waals surface area contributed by atoms with Gasteiger partial charge in [0.15, 0.2) is 0 Å². The number of methoxy groups -OCH3 is 1. The lowest BCUT2D eigenvalue weighted by Crippen LogP contribution is -2.48. The van der Waals surface area contributed by atoms with Crippen LogP contribution in [-0.4, -0.2) is 50.2 Å². The number of hydrogen-bond acceptors (Lipinski definition) is 4. The second-order valence-electron chi connectivity index (χ2n) is 7.61. The predicted octanol–water partition coefficient (Wildman–Crippen LogP) is 2.34. The van der Waals surface area contributed by atoms with Crippen LogP contribution in [0.1, 0.15) is 38.2 Å². The molecule has 0 aromatic heterocycles. The van der Waals surface area contributed by atoms with Gasteiger partial charge in [0.2, 0.25) is 5.91 Å². The fourth-order valence-corrected chi connectivity index (χ4v) is 4.61. The van der Waals surface area contributed by atoms with E-state index in [9.17, 15) is 4.79 Å². The summed E-state index contributed by atoms with van der Waals surface area (Å²) in [5.74, 6) is 2.04. The van der Waals surface area contributed by atoms with Crippen LogP contribution in [0.15, 0.2) is 18.2 Å². The van der Waals surface area contributed by atoms with E-state index >= 15 is 0 Å². The summed E-state index contributed by atoms with van der Waals surface area (Å²) in [5.41, 5.74) is 1.10. The van der Waals surface area contributed by atoms with Gasteiger partial charge in [-0.25, -0.2) is 0 Å². The number of ether oxygens (including phenoxy) is 2. The minimum atomic E-state index is -0.0503. The van der Waals surface area contributed by atoms with Crippen molar-refractivity contribution in [1.82, 2.24) is 10.2 Å². The summed E-state index contributed by atoms with van der Waals surface area (Å²) >= 11 is 0. The quantitative estimate of drug-likeness (QED) is 0.911. The van der Waals surface area contributed by atoms with Gasteiger partial charge in [-0.2, -0.15) is 0 Å². The maximum Gasteiger partial charge on any atom is 0.224 e. The van der Waals surface area contributed by atoms with Crippen LogP contribution in [0.3, 0.4) is 0 Å². The molecule has 1 amide bonds. The minimum Gasteiger partial charge on any atom is -0.497 e. The number of likely N-dealkylation sites (N-methyl/N-ethyl adjacent to an activating group) is 1. The smallest absolute Gasteiger partial charge is 0.224 e. The van der Waals surface area contributed by atoms with E-state index < -0.39 is 0 Å². The summed E-state index contributed by atoms with van der Waals surface area (Å²) in [6, 6.07) is 6.25. The lowest BCUT2D eigenvalue weighted by molar-refractivity contribution is -0.123. The molecule has 5 heteroatoms. The van der Waals surface area contributed by atoms with Gasteiger partial charge in [-0.3, -0.25) is 4.79 Å². The highest BCUT2D eigenvalue weighted by atomic mass is 16.5. The lowest BCUT2D eigenvalue weighted by Gasteiger charge is -2.33. The molecule has 1 aromatic carbocycles. The number of benzene rings is 1. The Labute approximate surface area is 149 Å². The number of likely N-dealkylation sites (tertiary alicyclic amines) is 1. The zero-order valence-corrected chi connectivity index (χ0v) is 15.2. The molecular weight excluding hydrogens is 316 g/mol. The lowest BCUT2D eigenvalue weighted by atomic mass is 9.87. The molecule has 5 nitrogen and oxygen atoms in total. The molecule has 3 atom stereocenters. The fraction of sp³-hybridized carbons (Fsp3) is 0.650. The van der Waals surface area contributed by atoms with Crippen LogP contribution >= 0.6 is 0 Å². The van der Waals surface area contributed by atoms with Gasteiger partial charge in [0, 0.05) is 29.5 Å². The number of amides is 1. The Morgan fingerprint density at radius 2 is 2.36 bits per heavy atom. The summed E-state index contributed by atoms with van der Waals surface area (Å²) in [7, 11) is 1.68. The topological polar surface area (TPSA) is 50.8 Å². The highest BCUT2D eigenvalue weighted by Gasteiger charge is 2.61. The van der Waals surface area contributed by atoms with Crippen LogP contribution < -0.4 is 14.8 Å². The van der Waals surface area contributed by atoms with Crippen LogP contribution in [0.5, 0.6) is 11.5 Å². The Morgan fingerprint density at radius 1 is 1.48 bits per heavy atom. The van der Waals surface area contributed by atoms with Crippen LogP contribution in [-0.2, 0) is 10.2 Å². The number of rotatable bonds is 4. The van der Waals surface area contributed by atoms with Gasteiger partial charge in [-0.15, -0.1) is 0 Å². The van der Waals surface area contributed by atoms with E-state index in [0.717, 1.165) is 56.0 Å². The average molecular weight is 344 g/mol. The van der Waals surface area contributed by atoms with Crippen LogP contribution in [0, 0.1) is 5.92 Å². The zero-order chi connectivity index (χ0) is 17.4. The zero-order valence-electron chi connectivity index (χ0n) is 15.2. The summed E-state index contributed by atoms with van der Waals surface area (Å²) in [6.07, 6.45) is 4.10. The summed E-state index contributed by atoms with van der Waals surface area (Å²) in [5, 5.41) is 3.32. The normalized spacial score (nSPS) is 31.1. The van der Waals surface area contributed by atoms with E-state index in [2.05, 4.69) is 23.2 Å². The Morgan fingerprint density at radius 3 is 3.16 bits per heavy atom. The first-order valence-corrected chi connectivity index (χ1v) is 9.50. The molecule has 0 radical (unpaired) electrons. The van der Waals surface area contributed by atoms with Crippen molar-refractivity contribution in [2.45, 2.75) is 44.1 Å². The molecule has 1 saturated heterocycles. The van der Waals surface area contributed by atoms with E-state index in [0.29, 0.717) is 12.6 Å². The molecule has 25 heavy (non-hydrogen) atoms. The first-order valence-electron chi connectivity index (χ1n) is 9.50. The molecule has 1 saturated carbocycles. The maximum atomic E-state index is 12.9. The van der Waals surface area contributed by atoms with Gasteiger partial charge in [0.05, 0.1) is 13.7 Å². The van der Waals surface area contributed by atoms with Gasteiger partial charge in [0.25, 0.3) is 0 Å². The third kappa shape index (κ3) is 2.99. The molecule has 3 aliphatic rings. The number of fused-ring (bicyclic) bond motifs is 2. The van der Waals surface area contributed by atoms with Gasteiger partial charge >= 0.3 is 0 Å². The molecule has 4 rings (SSSR count). The molecule has 1 aliphatic carbocycles. The molecule has 136 valence electrons. The Hall–Kier alpha value is -1.75. The number of nitrogens with zero attached hydrogens (tertiary/aromatic N) is 1. The summed E-state index contributed by atoms with van der Waals surface area (Å²) in [4.78, 5) is 15.3. The largest absolute Gasteiger partial charge is 0.497 e. The first-order chi connectivity index (χ1) is 12.2.